The summed E-state index contributed by atoms with van der Waals surface area (Å²) in [5.41, 5.74) is 8.56. The number of anilines is 1. The first-order chi connectivity index (χ1) is 14.0. The van der Waals surface area contributed by atoms with Crippen LogP contribution in [0.2, 0.25) is 0 Å². The Hall–Kier alpha value is -2.63. The Labute approximate surface area is 165 Å². The fourth-order valence-corrected chi connectivity index (χ4v) is 4.09. The van der Waals surface area contributed by atoms with Crippen molar-refractivity contribution in [3.8, 4) is 0 Å². The lowest BCUT2D eigenvalue weighted by atomic mass is 10.1. The van der Waals surface area contributed by atoms with E-state index >= 15 is 0 Å². The normalized spacial score (nSPS) is 31.4. The Morgan fingerprint density at radius 3 is 2.83 bits per heavy atom. The van der Waals surface area contributed by atoms with E-state index in [0.29, 0.717) is 17.6 Å². The zero-order valence-electron chi connectivity index (χ0n) is 15.4. The highest BCUT2D eigenvalue weighted by Crippen LogP contribution is 2.36. The van der Waals surface area contributed by atoms with Gasteiger partial charge in [-0.1, -0.05) is 24.3 Å². The molecule has 1 aliphatic heterocycles. The third-order valence-corrected chi connectivity index (χ3v) is 5.58. The van der Waals surface area contributed by atoms with Crippen molar-refractivity contribution >= 4 is 17.0 Å². The second-order valence-corrected chi connectivity index (χ2v) is 7.35. The molecule has 10 nitrogen and oxygen atoms in total. The summed E-state index contributed by atoms with van der Waals surface area (Å²) in [5.74, 6) is 0.218. The van der Waals surface area contributed by atoms with Crippen LogP contribution in [0.25, 0.3) is 11.2 Å². The van der Waals surface area contributed by atoms with Gasteiger partial charge < -0.3 is 30.5 Å². The van der Waals surface area contributed by atoms with Gasteiger partial charge in [0.25, 0.3) is 0 Å². The number of aliphatic hydroxyl groups excluding tert-OH is 3. The molecule has 0 radical (unpaired) electrons. The summed E-state index contributed by atoms with van der Waals surface area (Å²) < 4.78 is 13.3. The van der Waals surface area contributed by atoms with E-state index in [4.69, 9.17) is 15.2 Å². The number of nitrogens with zero attached hydrogens (tertiary/aromatic N) is 4. The van der Waals surface area contributed by atoms with E-state index in [-0.39, 0.29) is 12.4 Å². The highest BCUT2D eigenvalue weighted by atomic mass is 16.6. The monoisotopic (exact) mass is 399 g/mol. The van der Waals surface area contributed by atoms with E-state index in [1.807, 2.05) is 24.3 Å². The van der Waals surface area contributed by atoms with Crippen molar-refractivity contribution in [2.75, 3.05) is 12.3 Å². The Balaban J connectivity index is 1.33. The first kappa shape index (κ1) is 18.4. The van der Waals surface area contributed by atoms with Gasteiger partial charge in [-0.3, -0.25) is 4.57 Å². The largest absolute Gasteiger partial charge is 0.390 e. The first-order valence-electron chi connectivity index (χ1n) is 9.36. The average Bonchev–Trinajstić information content (AvgIpc) is 3.36. The molecular weight excluding hydrogens is 378 g/mol. The number of imidazole rings is 1. The smallest absolute Gasteiger partial charge is 0.167 e. The van der Waals surface area contributed by atoms with Gasteiger partial charge in [0.05, 0.1) is 19.0 Å². The maximum Gasteiger partial charge on any atom is 0.167 e. The van der Waals surface area contributed by atoms with Gasteiger partial charge in [-0.2, -0.15) is 0 Å². The average molecular weight is 399 g/mol. The molecule has 0 amide bonds. The standard InChI is InChI=1S/C19H21N5O5/c20-17-13-18(22-7-21-17)24(8-23-13)19-15(27)14(26)12(29-19)6-28-16-10-4-2-1-3-9(10)5-11(16)25/h1-4,7-8,11-12,14-16,19,25-27H,5-6H2,(H2,20,21,22)/t11-,12-,14-,15-,16-,19-/m1/s1. The number of aromatic nitrogens is 4. The quantitative estimate of drug-likeness (QED) is 0.464. The van der Waals surface area contributed by atoms with Gasteiger partial charge in [0, 0.05) is 6.42 Å². The molecule has 1 aromatic carbocycles. The van der Waals surface area contributed by atoms with Crippen molar-refractivity contribution in [1.82, 2.24) is 19.5 Å². The van der Waals surface area contributed by atoms with E-state index in [2.05, 4.69) is 15.0 Å². The van der Waals surface area contributed by atoms with Crippen LogP contribution in [0.4, 0.5) is 5.82 Å². The molecule has 6 atom stereocenters. The molecule has 1 aliphatic carbocycles. The van der Waals surface area contributed by atoms with Crippen LogP contribution in [0.15, 0.2) is 36.9 Å². The zero-order valence-corrected chi connectivity index (χ0v) is 15.4. The number of hydrogen-bond donors (Lipinski definition) is 4. The molecule has 1 saturated heterocycles. The molecular formula is C19H21N5O5. The van der Waals surface area contributed by atoms with Gasteiger partial charge in [0.1, 0.15) is 36.3 Å². The number of fused-ring (bicyclic) bond motifs is 2. The fourth-order valence-electron chi connectivity index (χ4n) is 4.09. The number of ether oxygens (including phenoxy) is 2. The number of benzene rings is 1. The van der Waals surface area contributed by atoms with E-state index in [1.54, 1.807) is 0 Å². The lowest BCUT2D eigenvalue weighted by Gasteiger charge is -2.21. The summed E-state index contributed by atoms with van der Waals surface area (Å²) in [6, 6.07) is 7.69. The topological polar surface area (TPSA) is 149 Å². The lowest BCUT2D eigenvalue weighted by molar-refractivity contribution is -0.101. The SMILES string of the molecule is Nc1ncnc2c1ncn2[C@@H]1O[C@H](CO[C@@H]2c3ccccc3C[C@H]2O)[C@@H](O)[C@H]1O. The van der Waals surface area contributed by atoms with Crippen LogP contribution in [0.1, 0.15) is 23.5 Å². The molecule has 5 N–H and O–H groups in total. The summed E-state index contributed by atoms with van der Waals surface area (Å²) in [6.07, 6.45) is -1.98. The maximum absolute atomic E-state index is 10.5. The van der Waals surface area contributed by atoms with E-state index in [9.17, 15) is 15.3 Å². The molecule has 2 aromatic heterocycles. The fraction of sp³-hybridized carbons (Fsp3) is 0.421. The highest BCUT2D eigenvalue weighted by Gasteiger charge is 2.45. The minimum atomic E-state index is -1.21. The molecule has 0 saturated carbocycles. The molecule has 5 rings (SSSR count). The number of rotatable bonds is 4. The molecule has 0 bridgehead atoms. The first-order valence-corrected chi connectivity index (χ1v) is 9.36. The number of aliphatic hydroxyl groups is 3. The molecule has 29 heavy (non-hydrogen) atoms. The number of nitrogen functional groups attached to an aromatic ring is 1. The third kappa shape index (κ3) is 2.96. The predicted molar refractivity (Wildman–Crippen MR) is 101 cm³/mol. The third-order valence-electron chi connectivity index (χ3n) is 5.58. The Bertz CT molecular complexity index is 1040. The number of nitrogens with two attached hydrogens (primary N) is 1. The number of hydrogen-bond acceptors (Lipinski definition) is 9. The summed E-state index contributed by atoms with van der Waals surface area (Å²) in [6.45, 7) is 0.00847. The van der Waals surface area contributed by atoms with Crippen molar-refractivity contribution in [2.24, 2.45) is 0 Å². The van der Waals surface area contributed by atoms with Gasteiger partial charge in [0.2, 0.25) is 0 Å². The van der Waals surface area contributed by atoms with Gasteiger partial charge in [0.15, 0.2) is 17.7 Å². The molecule has 1 fully saturated rings. The van der Waals surface area contributed by atoms with Crippen molar-refractivity contribution in [1.29, 1.82) is 0 Å². The highest BCUT2D eigenvalue weighted by molar-refractivity contribution is 5.81. The van der Waals surface area contributed by atoms with Crippen LogP contribution in [-0.4, -0.2) is 65.9 Å². The molecule has 152 valence electrons. The van der Waals surface area contributed by atoms with Crippen LogP contribution in [0.3, 0.4) is 0 Å². The van der Waals surface area contributed by atoms with Gasteiger partial charge in [-0.15, -0.1) is 0 Å². The molecule has 2 aliphatic rings. The maximum atomic E-state index is 10.5. The Morgan fingerprint density at radius 1 is 1.14 bits per heavy atom. The second-order valence-electron chi connectivity index (χ2n) is 7.35. The molecule has 3 heterocycles. The molecule has 0 spiro atoms. The summed E-state index contributed by atoms with van der Waals surface area (Å²) >= 11 is 0. The van der Waals surface area contributed by atoms with Crippen molar-refractivity contribution in [3.05, 3.63) is 48.0 Å². The van der Waals surface area contributed by atoms with Crippen LogP contribution >= 0.6 is 0 Å². The Morgan fingerprint density at radius 2 is 1.97 bits per heavy atom. The van der Waals surface area contributed by atoms with Crippen LogP contribution in [0.5, 0.6) is 0 Å². The predicted octanol–water partition coefficient (Wildman–Crippen LogP) is -0.297. The van der Waals surface area contributed by atoms with E-state index in [0.717, 1.165) is 11.1 Å². The summed E-state index contributed by atoms with van der Waals surface area (Å²) in [5, 5.41) is 31.3. The van der Waals surface area contributed by atoms with Crippen LogP contribution in [0, 0.1) is 0 Å². The molecule has 0 unspecified atom stereocenters. The second kappa shape index (κ2) is 7.01. The van der Waals surface area contributed by atoms with E-state index < -0.39 is 36.7 Å². The van der Waals surface area contributed by atoms with Crippen molar-refractivity contribution in [2.45, 2.75) is 43.2 Å². The lowest BCUT2D eigenvalue weighted by Crippen LogP contribution is -2.34. The Kier molecular flexibility index (Phi) is 4.45. The van der Waals surface area contributed by atoms with Crippen molar-refractivity contribution < 1.29 is 24.8 Å². The minimum absolute atomic E-state index is 0.00847. The molecule has 10 heteroatoms. The van der Waals surface area contributed by atoms with E-state index in [1.165, 1.54) is 17.2 Å². The van der Waals surface area contributed by atoms with Crippen LogP contribution < -0.4 is 5.73 Å². The van der Waals surface area contributed by atoms with Gasteiger partial charge >= 0.3 is 0 Å². The zero-order chi connectivity index (χ0) is 20.1. The van der Waals surface area contributed by atoms with Gasteiger partial charge in [-0.05, 0) is 11.1 Å². The van der Waals surface area contributed by atoms with Crippen molar-refractivity contribution in [3.63, 3.8) is 0 Å². The summed E-state index contributed by atoms with van der Waals surface area (Å²) in [4.78, 5) is 12.2. The van der Waals surface area contributed by atoms with Gasteiger partial charge in [-0.25, -0.2) is 15.0 Å². The molecule has 3 aromatic rings. The summed E-state index contributed by atoms with van der Waals surface area (Å²) in [7, 11) is 0. The minimum Gasteiger partial charge on any atom is -0.390 e. The van der Waals surface area contributed by atoms with Crippen LogP contribution in [-0.2, 0) is 15.9 Å².